The summed E-state index contributed by atoms with van der Waals surface area (Å²) < 4.78 is 5.63. The average Bonchev–Trinajstić information content (AvgIpc) is 2.42. The first-order chi connectivity index (χ1) is 9.10. The molecule has 0 aliphatic rings. The number of nitrogens with zero attached hydrogens (tertiary/aromatic N) is 2. The minimum Gasteiger partial charge on any atom is -0.468 e. The predicted octanol–water partition coefficient (Wildman–Crippen LogP) is 1.39. The Bertz CT molecular complexity index is 644. The van der Waals surface area contributed by atoms with Crippen LogP contribution in [0.1, 0.15) is 5.56 Å². The lowest BCUT2D eigenvalue weighted by Gasteiger charge is -2.06. The zero-order valence-electron chi connectivity index (χ0n) is 10.8. The van der Waals surface area contributed by atoms with Crippen LogP contribution in [0.25, 0.3) is 11.3 Å². The van der Waals surface area contributed by atoms with Crippen molar-refractivity contribution in [1.82, 2.24) is 9.78 Å². The molecule has 0 aliphatic heterocycles. The molecule has 0 bridgehead atoms. The van der Waals surface area contributed by atoms with E-state index in [1.54, 1.807) is 6.07 Å². The molecule has 5 nitrogen and oxygen atoms in total. The largest absolute Gasteiger partial charge is 0.468 e. The number of rotatable bonds is 3. The Morgan fingerprint density at radius 3 is 2.53 bits per heavy atom. The smallest absolute Gasteiger partial charge is 0.327 e. The number of hydrogen-bond donors (Lipinski definition) is 0. The first-order valence-electron chi connectivity index (χ1n) is 5.82. The summed E-state index contributed by atoms with van der Waals surface area (Å²) in [6.45, 7) is 1.81. The van der Waals surface area contributed by atoms with E-state index in [1.807, 2.05) is 31.2 Å². The van der Waals surface area contributed by atoms with E-state index in [-0.39, 0.29) is 12.1 Å². The molecule has 0 N–H and O–H groups in total. The molecular formula is C14H14N2O3. The van der Waals surface area contributed by atoms with E-state index in [2.05, 4.69) is 9.84 Å². The minimum atomic E-state index is -0.504. The molecule has 0 saturated carbocycles. The van der Waals surface area contributed by atoms with E-state index in [4.69, 9.17) is 0 Å². The molecule has 0 radical (unpaired) electrons. The fourth-order valence-corrected chi connectivity index (χ4v) is 1.63. The van der Waals surface area contributed by atoms with Crippen LogP contribution in [0.2, 0.25) is 0 Å². The molecule has 19 heavy (non-hydrogen) atoms. The van der Waals surface area contributed by atoms with Crippen LogP contribution in [0, 0.1) is 6.92 Å². The fraction of sp³-hybridized carbons (Fsp3) is 0.214. The first-order valence-corrected chi connectivity index (χ1v) is 5.82. The van der Waals surface area contributed by atoms with Crippen molar-refractivity contribution in [1.29, 1.82) is 0 Å². The number of aromatic nitrogens is 2. The Kier molecular flexibility index (Phi) is 3.75. The molecule has 1 heterocycles. The van der Waals surface area contributed by atoms with Crippen LogP contribution in [0.4, 0.5) is 0 Å². The standard InChI is InChI=1S/C14H14N2O3/c1-10-3-5-11(6-4-10)12-7-8-13(17)16(15-12)9-14(18)19-2/h3-8H,9H2,1-2H3. The molecule has 1 aromatic carbocycles. The summed E-state index contributed by atoms with van der Waals surface area (Å²) in [6, 6.07) is 10.8. The van der Waals surface area contributed by atoms with Gasteiger partial charge in [0, 0.05) is 11.6 Å². The highest BCUT2D eigenvalue weighted by atomic mass is 16.5. The van der Waals surface area contributed by atoms with E-state index in [1.165, 1.54) is 13.2 Å². The summed E-state index contributed by atoms with van der Waals surface area (Å²) in [5, 5.41) is 4.16. The number of ether oxygens (including phenoxy) is 1. The molecule has 1 aromatic heterocycles. The van der Waals surface area contributed by atoms with Gasteiger partial charge in [0.15, 0.2) is 0 Å². The van der Waals surface area contributed by atoms with E-state index in [9.17, 15) is 9.59 Å². The van der Waals surface area contributed by atoms with Crippen molar-refractivity contribution >= 4 is 5.97 Å². The third-order valence-electron chi connectivity index (χ3n) is 2.72. The lowest BCUT2D eigenvalue weighted by molar-refractivity contribution is -0.141. The third-order valence-corrected chi connectivity index (χ3v) is 2.72. The van der Waals surface area contributed by atoms with Crippen molar-refractivity contribution in [2.45, 2.75) is 13.5 Å². The summed E-state index contributed by atoms with van der Waals surface area (Å²) in [7, 11) is 1.27. The van der Waals surface area contributed by atoms with Gasteiger partial charge in [0.25, 0.3) is 5.56 Å². The molecule has 0 amide bonds. The van der Waals surface area contributed by atoms with E-state index < -0.39 is 5.97 Å². The molecule has 0 atom stereocenters. The number of esters is 1. The Balaban J connectivity index is 2.38. The topological polar surface area (TPSA) is 61.2 Å². The molecule has 0 unspecified atom stereocenters. The van der Waals surface area contributed by atoms with Crippen molar-refractivity contribution < 1.29 is 9.53 Å². The zero-order valence-corrected chi connectivity index (χ0v) is 10.8. The van der Waals surface area contributed by atoms with Gasteiger partial charge in [-0.1, -0.05) is 29.8 Å². The van der Waals surface area contributed by atoms with E-state index in [0.717, 1.165) is 15.8 Å². The lowest BCUT2D eigenvalue weighted by atomic mass is 10.1. The average molecular weight is 258 g/mol. The van der Waals surface area contributed by atoms with Gasteiger partial charge in [-0.15, -0.1) is 0 Å². The highest BCUT2D eigenvalue weighted by molar-refractivity contribution is 5.69. The number of methoxy groups -OCH3 is 1. The van der Waals surface area contributed by atoms with Crippen LogP contribution in [0.3, 0.4) is 0 Å². The molecule has 0 fully saturated rings. The fourth-order valence-electron chi connectivity index (χ4n) is 1.63. The zero-order chi connectivity index (χ0) is 13.8. The van der Waals surface area contributed by atoms with Crippen LogP contribution < -0.4 is 5.56 Å². The van der Waals surface area contributed by atoms with Gasteiger partial charge in [0.1, 0.15) is 6.54 Å². The van der Waals surface area contributed by atoms with Crippen LogP contribution in [0.15, 0.2) is 41.2 Å². The quantitative estimate of drug-likeness (QED) is 0.781. The third kappa shape index (κ3) is 3.07. The van der Waals surface area contributed by atoms with Crippen molar-refractivity contribution in [2.24, 2.45) is 0 Å². The van der Waals surface area contributed by atoms with Gasteiger partial charge in [-0.2, -0.15) is 5.10 Å². The SMILES string of the molecule is COC(=O)Cn1nc(-c2ccc(C)cc2)ccc1=O. The second kappa shape index (κ2) is 5.48. The normalized spacial score (nSPS) is 10.2. The number of carbonyl (C=O) groups is 1. The minimum absolute atomic E-state index is 0.185. The molecule has 5 heteroatoms. The second-order valence-electron chi connectivity index (χ2n) is 4.16. The van der Waals surface area contributed by atoms with Gasteiger partial charge in [-0.05, 0) is 13.0 Å². The highest BCUT2D eigenvalue weighted by Gasteiger charge is 2.07. The number of aryl methyl sites for hydroxylation is 1. The van der Waals surface area contributed by atoms with Gasteiger partial charge in [0.2, 0.25) is 0 Å². The Hall–Kier alpha value is -2.43. The highest BCUT2D eigenvalue weighted by Crippen LogP contribution is 2.15. The maximum Gasteiger partial charge on any atom is 0.327 e. The van der Waals surface area contributed by atoms with E-state index in [0.29, 0.717) is 5.69 Å². The molecule has 2 aromatic rings. The monoisotopic (exact) mass is 258 g/mol. The number of hydrogen-bond acceptors (Lipinski definition) is 4. The van der Waals surface area contributed by atoms with Crippen LogP contribution in [-0.4, -0.2) is 22.9 Å². The Labute approximate surface area is 110 Å². The number of carbonyl (C=O) groups excluding carboxylic acids is 1. The molecule has 0 aliphatic carbocycles. The van der Waals surface area contributed by atoms with Gasteiger partial charge in [-0.3, -0.25) is 9.59 Å². The van der Waals surface area contributed by atoms with Crippen molar-refractivity contribution in [3.63, 3.8) is 0 Å². The van der Waals surface area contributed by atoms with Gasteiger partial charge in [0.05, 0.1) is 12.8 Å². The van der Waals surface area contributed by atoms with Crippen LogP contribution in [-0.2, 0) is 16.1 Å². The van der Waals surface area contributed by atoms with E-state index >= 15 is 0 Å². The van der Waals surface area contributed by atoms with Gasteiger partial charge >= 0.3 is 5.97 Å². The summed E-state index contributed by atoms with van der Waals surface area (Å²) >= 11 is 0. The van der Waals surface area contributed by atoms with Crippen molar-refractivity contribution in [3.8, 4) is 11.3 Å². The number of benzene rings is 1. The van der Waals surface area contributed by atoms with Crippen LogP contribution >= 0.6 is 0 Å². The van der Waals surface area contributed by atoms with Crippen molar-refractivity contribution in [2.75, 3.05) is 7.11 Å². The van der Waals surface area contributed by atoms with Crippen molar-refractivity contribution in [3.05, 3.63) is 52.3 Å². The maximum atomic E-state index is 11.6. The van der Waals surface area contributed by atoms with Crippen LogP contribution in [0.5, 0.6) is 0 Å². The Morgan fingerprint density at radius 2 is 1.89 bits per heavy atom. The lowest BCUT2D eigenvalue weighted by Crippen LogP contribution is -2.26. The summed E-state index contributed by atoms with van der Waals surface area (Å²) in [5.41, 5.74) is 2.35. The summed E-state index contributed by atoms with van der Waals surface area (Å²) in [4.78, 5) is 22.8. The predicted molar refractivity (Wildman–Crippen MR) is 70.7 cm³/mol. The molecule has 0 spiro atoms. The van der Waals surface area contributed by atoms with Gasteiger partial charge in [-0.25, -0.2) is 4.68 Å². The molecule has 0 saturated heterocycles. The second-order valence-corrected chi connectivity index (χ2v) is 4.16. The summed E-state index contributed by atoms with van der Waals surface area (Å²) in [5.74, 6) is -0.504. The maximum absolute atomic E-state index is 11.6. The van der Waals surface area contributed by atoms with Gasteiger partial charge < -0.3 is 4.74 Å². The first kappa shape index (κ1) is 13.0. The molecule has 2 rings (SSSR count). The summed E-state index contributed by atoms with van der Waals surface area (Å²) in [6.07, 6.45) is 0. The molecule has 98 valence electrons. The molecular weight excluding hydrogens is 244 g/mol. The Morgan fingerprint density at radius 1 is 1.21 bits per heavy atom.